The Morgan fingerprint density at radius 1 is 1.21 bits per heavy atom. The van der Waals surface area contributed by atoms with Crippen molar-refractivity contribution in [3.63, 3.8) is 0 Å². The van der Waals surface area contributed by atoms with E-state index in [9.17, 15) is 10.0 Å². The van der Waals surface area contributed by atoms with E-state index in [0.717, 1.165) is 46.3 Å². The highest BCUT2D eigenvalue weighted by atomic mass is 79.9. The van der Waals surface area contributed by atoms with E-state index in [1.54, 1.807) is 24.3 Å². The van der Waals surface area contributed by atoms with Gasteiger partial charge in [-0.1, -0.05) is 15.9 Å². The zero-order chi connectivity index (χ0) is 13.4. The van der Waals surface area contributed by atoms with Crippen LogP contribution < -0.4 is 0 Å². The summed E-state index contributed by atoms with van der Waals surface area (Å²) >= 11 is 3.33. The average molecular weight is 321 g/mol. The molecule has 0 unspecified atom stereocenters. The van der Waals surface area contributed by atoms with Gasteiger partial charge in [-0.05, 0) is 49.9 Å². The molecule has 4 nitrogen and oxygen atoms in total. The van der Waals surface area contributed by atoms with Crippen molar-refractivity contribution in [2.24, 2.45) is 0 Å². The van der Waals surface area contributed by atoms with E-state index in [1.807, 2.05) is 0 Å². The minimum atomic E-state index is -0.246. The number of fused-ring (bicyclic) bond motifs is 1. The summed E-state index contributed by atoms with van der Waals surface area (Å²) in [4.78, 5) is 16.6. The number of carbonyl (C=O) groups is 1. The van der Waals surface area contributed by atoms with Gasteiger partial charge >= 0.3 is 0 Å². The molecule has 98 valence electrons. The van der Waals surface area contributed by atoms with Crippen molar-refractivity contribution in [2.45, 2.75) is 25.7 Å². The summed E-state index contributed by atoms with van der Waals surface area (Å²) in [5.74, 6) is -0.126. The molecule has 0 amide bonds. The molecule has 1 aliphatic rings. The van der Waals surface area contributed by atoms with E-state index in [-0.39, 0.29) is 11.6 Å². The van der Waals surface area contributed by atoms with Crippen LogP contribution in [0.3, 0.4) is 0 Å². The maximum absolute atomic E-state index is 12.3. The van der Waals surface area contributed by atoms with Crippen LogP contribution in [0, 0.1) is 0 Å². The highest BCUT2D eigenvalue weighted by Crippen LogP contribution is 2.22. The van der Waals surface area contributed by atoms with E-state index in [0.29, 0.717) is 5.56 Å². The molecule has 0 radical (unpaired) electrons. The van der Waals surface area contributed by atoms with Gasteiger partial charge in [-0.15, -0.1) is 0 Å². The smallest absolute Gasteiger partial charge is 0.231 e. The number of ketones is 1. The summed E-state index contributed by atoms with van der Waals surface area (Å²) in [6.45, 7) is 0. The topological polar surface area (TPSA) is 55.1 Å². The quantitative estimate of drug-likeness (QED) is 0.683. The lowest BCUT2D eigenvalue weighted by Crippen LogP contribution is -2.11. The fraction of sp³-hybridized carbons (Fsp3) is 0.286. The monoisotopic (exact) mass is 320 g/mol. The van der Waals surface area contributed by atoms with Crippen molar-refractivity contribution >= 4 is 21.7 Å². The first kappa shape index (κ1) is 12.4. The molecule has 1 aromatic heterocycles. The molecular weight excluding hydrogens is 308 g/mol. The van der Waals surface area contributed by atoms with Crippen LogP contribution in [0.1, 0.15) is 40.4 Å². The van der Waals surface area contributed by atoms with Crippen LogP contribution in [0.2, 0.25) is 0 Å². The molecule has 1 N–H and O–H groups in total. The summed E-state index contributed by atoms with van der Waals surface area (Å²) < 4.78 is 1.88. The molecule has 0 bridgehead atoms. The first-order chi connectivity index (χ1) is 9.16. The minimum Gasteiger partial charge on any atom is -0.426 e. The van der Waals surface area contributed by atoms with Gasteiger partial charge < -0.3 is 5.21 Å². The number of halogens is 1. The lowest BCUT2D eigenvalue weighted by molar-refractivity contribution is 0.0970. The number of imidazole rings is 1. The predicted molar refractivity (Wildman–Crippen MR) is 73.6 cm³/mol. The molecule has 3 rings (SSSR count). The molecule has 1 heterocycles. The van der Waals surface area contributed by atoms with Gasteiger partial charge in [-0.2, -0.15) is 4.73 Å². The van der Waals surface area contributed by atoms with Crippen molar-refractivity contribution in [3.05, 3.63) is 51.5 Å². The van der Waals surface area contributed by atoms with Crippen molar-refractivity contribution < 1.29 is 10.0 Å². The van der Waals surface area contributed by atoms with Gasteiger partial charge in [0.1, 0.15) is 0 Å². The second-order valence-electron chi connectivity index (χ2n) is 4.68. The van der Waals surface area contributed by atoms with E-state index < -0.39 is 0 Å². The number of benzene rings is 1. The summed E-state index contributed by atoms with van der Waals surface area (Å²) in [6.07, 6.45) is 3.72. The zero-order valence-electron chi connectivity index (χ0n) is 10.3. The Bertz CT molecular complexity index is 632. The fourth-order valence-electron chi connectivity index (χ4n) is 2.40. The number of rotatable bonds is 2. The van der Waals surface area contributed by atoms with Crippen molar-refractivity contribution in [2.75, 3.05) is 0 Å². The number of hydrogen-bond acceptors (Lipinski definition) is 3. The van der Waals surface area contributed by atoms with Gasteiger partial charge in [0, 0.05) is 10.0 Å². The number of nitrogens with zero attached hydrogens (tertiary/aromatic N) is 2. The van der Waals surface area contributed by atoms with Gasteiger partial charge in [0.25, 0.3) is 0 Å². The Hall–Kier alpha value is -1.62. The van der Waals surface area contributed by atoms with Crippen LogP contribution in [-0.4, -0.2) is 20.7 Å². The van der Waals surface area contributed by atoms with Crippen LogP contribution >= 0.6 is 15.9 Å². The van der Waals surface area contributed by atoms with E-state index in [2.05, 4.69) is 20.9 Å². The summed E-state index contributed by atoms with van der Waals surface area (Å²) in [6, 6.07) is 7.05. The largest absolute Gasteiger partial charge is 0.426 e. The third kappa shape index (κ3) is 2.18. The molecule has 0 atom stereocenters. The molecule has 5 heteroatoms. The number of carbonyl (C=O) groups excluding carboxylic acids is 1. The molecule has 19 heavy (non-hydrogen) atoms. The van der Waals surface area contributed by atoms with Crippen molar-refractivity contribution in [1.82, 2.24) is 9.71 Å². The molecular formula is C14H13BrN2O2. The summed E-state index contributed by atoms with van der Waals surface area (Å²) in [7, 11) is 0. The normalized spacial score (nSPS) is 14.2. The first-order valence-corrected chi connectivity index (χ1v) is 7.06. The Morgan fingerprint density at radius 2 is 1.89 bits per heavy atom. The second kappa shape index (κ2) is 4.81. The average Bonchev–Trinajstić information content (AvgIpc) is 2.77. The lowest BCUT2D eigenvalue weighted by atomic mass is 10.0. The van der Waals surface area contributed by atoms with Crippen LogP contribution in [-0.2, 0) is 12.8 Å². The van der Waals surface area contributed by atoms with Gasteiger partial charge in [0.15, 0.2) is 0 Å². The van der Waals surface area contributed by atoms with Crippen molar-refractivity contribution in [3.8, 4) is 0 Å². The Kier molecular flexibility index (Phi) is 3.14. The minimum absolute atomic E-state index is 0.120. The molecule has 1 aliphatic carbocycles. The number of aromatic nitrogens is 2. The summed E-state index contributed by atoms with van der Waals surface area (Å²) in [5, 5.41) is 10.1. The highest BCUT2D eigenvalue weighted by Gasteiger charge is 2.24. The molecule has 0 saturated heterocycles. The van der Waals surface area contributed by atoms with Gasteiger partial charge in [-0.3, -0.25) is 4.79 Å². The maximum atomic E-state index is 12.3. The van der Waals surface area contributed by atoms with Crippen LogP contribution in [0.25, 0.3) is 0 Å². The maximum Gasteiger partial charge on any atom is 0.231 e. The number of aryl methyl sites for hydroxylation is 1. The van der Waals surface area contributed by atoms with Crippen molar-refractivity contribution in [1.29, 1.82) is 0 Å². The van der Waals surface area contributed by atoms with E-state index in [1.165, 1.54) is 0 Å². The van der Waals surface area contributed by atoms with Crippen LogP contribution in [0.4, 0.5) is 0 Å². The Labute approximate surface area is 119 Å². The van der Waals surface area contributed by atoms with Gasteiger partial charge in [0.2, 0.25) is 11.6 Å². The molecule has 2 aromatic rings. The van der Waals surface area contributed by atoms with Crippen LogP contribution in [0.5, 0.6) is 0 Å². The predicted octanol–water partition coefficient (Wildman–Crippen LogP) is 2.99. The molecule has 0 saturated carbocycles. The molecule has 0 spiro atoms. The number of hydrogen-bond donors (Lipinski definition) is 1. The van der Waals surface area contributed by atoms with Crippen LogP contribution in [0.15, 0.2) is 28.7 Å². The first-order valence-electron chi connectivity index (χ1n) is 6.27. The standard InChI is InChI=1S/C14H13BrN2O2/c15-10-7-5-9(6-8-10)13(18)14-16-11-3-1-2-4-12(11)17(14)19/h5-8,19H,1-4H2. The van der Waals surface area contributed by atoms with E-state index >= 15 is 0 Å². The third-order valence-corrected chi connectivity index (χ3v) is 3.95. The lowest BCUT2D eigenvalue weighted by Gasteiger charge is -2.09. The SMILES string of the molecule is O=C(c1ccc(Br)cc1)c1nc2c(n1O)CCCC2. The zero-order valence-corrected chi connectivity index (χ0v) is 11.9. The van der Waals surface area contributed by atoms with Gasteiger partial charge in [0.05, 0.1) is 11.4 Å². The molecule has 1 aromatic carbocycles. The molecule has 0 fully saturated rings. The Morgan fingerprint density at radius 3 is 2.58 bits per heavy atom. The Balaban J connectivity index is 2.00. The third-order valence-electron chi connectivity index (χ3n) is 3.42. The second-order valence-corrected chi connectivity index (χ2v) is 5.60. The molecule has 0 aliphatic heterocycles. The fourth-order valence-corrected chi connectivity index (χ4v) is 2.67. The van der Waals surface area contributed by atoms with E-state index in [4.69, 9.17) is 0 Å². The highest BCUT2D eigenvalue weighted by molar-refractivity contribution is 9.10. The summed E-state index contributed by atoms with van der Waals surface area (Å²) in [5.41, 5.74) is 2.17. The van der Waals surface area contributed by atoms with Gasteiger partial charge in [-0.25, -0.2) is 4.98 Å².